The number of hydrogen-bond donors (Lipinski definition) is 4. The van der Waals surface area contributed by atoms with Gasteiger partial charge in [0.15, 0.2) is 0 Å². The monoisotopic (exact) mass is 259 g/mol. The molecular formula is C13H13N3O3. The number of anilines is 1. The fourth-order valence-electron chi connectivity index (χ4n) is 1.34. The number of nitriles is 2. The fraction of sp³-hybridized carbons (Fsp3) is 0.231. The van der Waals surface area contributed by atoms with Gasteiger partial charge in [-0.05, 0) is 17.7 Å². The van der Waals surface area contributed by atoms with Crippen molar-refractivity contribution in [2.45, 2.75) is 12.2 Å². The first-order chi connectivity index (χ1) is 9.12. The van der Waals surface area contributed by atoms with Gasteiger partial charge in [0, 0.05) is 11.9 Å². The first-order valence-electron chi connectivity index (χ1n) is 5.46. The Bertz CT molecular complexity index is 510. The number of nitrogens with one attached hydrogen (secondary N) is 1. The summed E-state index contributed by atoms with van der Waals surface area (Å²) in [6.07, 6.45) is -1.13. The quantitative estimate of drug-likeness (QED) is 0.569. The third-order valence-corrected chi connectivity index (χ3v) is 2.43. The van der Waals surface area contributed by atoms with Crippen LogP contribution in [0.2, 0.25) is 0 Å². The molecule has 98 valence electrons. The normalized spacial score (nSPS) is 12.7. The Morgan fingerprint density at radius 1 is 1.21 bits per heavy atom. The lowest BCUT2D eigenvalue weighted by Gasteiger charge is -2.16. The molecule has 0 amide bonds. The topological polar surface area (TPSA) is 120 Å². The SMILES string of the molecule is N#CC(C#N)=CNc1ccc(C(O)C(O)CO)cc1. The molecule has 0 aromatic heterocycles. The molecule has 6 nitrogen and oxygen atoms in total. The largest absolute Gasteiger partial charge is 0.394 e. The van der Waals surface area contributed by atoms with Crippen LogP contribution in [0.1, 0.15) is 11.7 Å². The Morgan fingerprint density at radius 3 is 2.26 bits per heavy atom. The molecule has 0 aliphatic carbocycles. The van der Waals surface area contributed by atoms with Crippen LogP contribution >= 0.6 is 0 Å². The van der Waals surface area contributed by atoms with Crippen molar-refractivity contribution in [1.29, 1.82) is 10.5 Å². The van der Waals surface area contributed by atoms with Gasteiger partial charge in [0.05, 0.1) is 6.61 Å². The van der Waals surface area contributed by atoms with Crippen molar-refractivity contribution < 1.29 is 15.3 Å². The standard InChI is InChI=1S/C13H13N3O3/c14-5-9(6-15)7-16-11-3-1-10(2-4-11)13(19)12(18)8-17/h1-4,7,12-13,16-19H,8H2. The van der Waals surface area contributed by atoms with E-state index in [0.29, 0.717) is 11.3 Å². The molecule has 4 N–H and O–H groups in total. The fourth-order valence-corrected chi connectivity index (χ4v) is 1.34. The highest BCUT2D eigenvalue weighted by atomic mass is 16.4. The Hall–Kier alpha value is -2.38. The zero-order chi connectivity index (χ0) is 14.3. The van der Waals surface area contributed by atoms with Crippen molar-refractivity contribution in [3.63, 3.8) is 0 Å². The van der Waals surface area contributed by atoms with Crippen molar-refractivity contribution in [1.82, 2.24) is 0 Å². The van der Waals surface area contributed by atoms with Crippen LogP contribution in [0.3, 0.4) is 0 Å². The molecule has 0 saturated carbocycles. The van der Waals surface area contributed by atoms with E-state index in [4.69, 9.17) is 15.6 Å². The smallest absolute Gasteiger partial charge is 0.145 e. The molecule has 0 spiro atoms. The molecule has 1 aromatic rings. The number of nitrogens with zero attached hydrogens (tertiary/aromatic N) is 2. The molecular weight excluding hydrogens is 246 g/mol. The van der Waals surface area contributed by atoms with Crippen LogP contribution in [0.4, 0.5) is 5.69 Å². The van der Waals surface area contributed by atoms with Crippen LogP contribution in [-0.2, 0) is 0 Å². The van der Waals surface area contributed by atoms with Crippen LogP contribution in [0, 0.1) is 22.7 Å². The second kappa shape index (κ2) is 7.14. The lowest BCUT2D eigenvalue weighted by molar-refractivity contribution is -0.0152. The first kappa shape index (κ1) is 14.7. The lowest BCUT2D eigenvalue weighted by Crippen LogP contribution is -2.21. The van der Waals surface area contributed by atoms with Gasteiger partial charge in [-0.25, -0.2) is 0 Å². The predicted molar refractivity (Wildman–Crippen MR) is 67.4 cm³/mol. The number of allylic oxidation sites excluding steroid dienone is 1. The molecule has 2 unspecified atom stereocenters. The maximum Gasteiger partial charge on any atom is 0.145 e. The molecule has 6 heteroatoms. The van der Waals surface area contributed by atoms with Gasteiger partial charge in [-0.3, -0.25) is 0 Å². The second-order valence-corrected chi connectivity index (χ2v) is 3.74. The summed E-state index contributed by atoms with van der Waals surface area (Å²) in [5.74, 6) is 0. The Kier molecular flexibility index (Phi) is 5.52. The molecule has 0 aliphatic rings. The molecule has 0 bridgehead atoms. The average Bonchev–Trinajstić information content (AvgIpc) is 2.47. The van der Waals surface area contributed by atoms with Gasteiger partial charge in [0.25, 0.3) is 0 Å². The van der Waals surface area contributed by atoms with Crippen molar-refractivity contribution in [3.8, 4) is 12.1 Å². The van der Waals surface area contributed by atoms with E-state index in [9.17, 15) is 10.2 Å². The van der Waals surface area contributed by atoms with E-state index < -0.39 is 18.8 Å². The minimum absolute atomic E-state index is 0.0557. The molecule has 0 heterocycles. The summed E-state index contributed by atoms with van der Waals surface area (Å²) in [5.41, 5.74) is 1.02. The van der Waals surface area contributed by atoms with Crippen LogP contribution in [0.25, 0.3) is 0 Å². The molecule has 1 rings (SSSR count). The maximum absolute atomic E-state index is 9.65. The first-order valence-corrected chi connectivity index (χ1v) is 5.46. The van der Waals surface area contributed by atoms with Gasteiger partial charge in [0.1, 0.15) is 29.9 Å². The Balaban J connectivity index is 2.76. The van der Waals surface area contributed by atoms with Gasteiger partial charge in [-0.1, -0.05) is 12.1 Å². The third-order valence-electron chi connectivity index (χ3n) is 2.43. The highest BCUT2D eigenvalue weighted by Gasteiger charge is 2.16. The molecule has 19 heavy (non-hydrogen) atoms. The van der Waals surface area contributed by atoms with Crippen LogP contribution in [0.15, 0.2) is 36.0 Å². The summed E-state index contributed by atoms with van der Waals surface area (Å²) >= 11 is 0. The molecule has 0 fully saturated rings. The highest BCUT2D eigenvalue weighted by molar-refractivity contribution is 5.50. The Morgan fingerprint density at radius 2 is 1.79 bits per heavy atom. The van der Waals surface area contributed by atoms with Crippen molar-refractivity contribution in [3.05, 3.63) is 41.6 Å². The van der Waals surface area contributed by atoms with E-state index in [-0.39, 0.29) is 5.57 Å². The number of benzene rings is 1. The molecule has 0 aliphatic heterocycles. The highest BCUT2D eigenvalue weighted by Crippen LogP contribution is 2.19. The zero-order valence-electron chi connectivity index (χ0n) is 9.98. The Labute approximate surface area is 110 Å². The summed E-state index contributed by atoms with van der Waals surface area (Å²) in [5, 5.41) is 47.5. The van der Waals surface area contributed by atoms with Crippen LogP contribution < -0.4 is 5.32 Å². The van der Waals surface area contributed by atoms with E-state index in [1.54, 1.807) is 36.4 Å². The third kappa shape index (κ3) is 4.09. The zero-order valence-corrected chi connectivity index (χ0v) is 9.98. The van der Waals surface area contributed by atoms with E-state index in [0.717, 1.165) is 0 Å². The van der Waals surface area contributed by atoms with E-state index in [1.165, 1.54) is 6.20 Å². The number of rotatable bonds is 5. The van der Waals surface area contributed by atoms with E-state index in [2.05, 4.69) is 5.32 Å². The predicted octanol–water partition coefficient (Wildman–Crippen LogP) is 0.416. The van der Waals surface area contributed by atoms with Gasteiger partial charge in [0.2, 0.25) is 0 Å². The minimum atomic E-state index is -1.23. The number of hydrogen-bond acceptors (Lipinski definition) is 6. The summed E-state index contributed by atoms with van der Waals surface area (Å²) in [6, 6.07) is 9.79. The van der Waals surface area contributed by atoms with Gasteiger partial charge in [-0.2, -0.15) is 10.5 Å². The molecule has 2 atom stereocenters. The molecule has 0 saturated heterocycles. The number of aliphatic hydroxyl groups is 3. The summed E-state index contributed by atoms with van der Waals surface area (Å²) in [4.78, 5) is 0. The van der Waals surface area contributed by atoms with Gasteiger partial charge < -0.3 is 20.6 Å². The van der Waals surface area contributed by atoms with E-state index >= 15 is 0 Å². The van der Waals surface area contributed by atoms with Gasteiger partial charge >= 0.3 is 0 Å². The van der Waals surface area contributed by atoms with Crippen molar-refractivity contribution in [2.24, 2.45) is 0 Å². The maximum atomic E-state index is 9.65. The number of aliphatic hydroxyl groups excluding tert-OH is 3. The van der Waals surface area contributed by atoms with Crippen LogP contribution in [0.5, 0.6) is 0 Å². The van der Waals surface area contributed by atoms with Crippen LogP contribution in [-0.4, -0.2) is 28.0 Å². The average molecular weight is 259 g/mol. The van der Waals surface area contributed by atoms with Crippen molar-refractivity contribution >= 4 is 5.69 Å². The van der Waals surface area contributed by atoms with E-state index in [1.807, 2.05) is 0 Å². The second-order valence-electron chi connectivity index (χ2n) is 3.74. The minimum Gasteiger partial charge on any atom is -0.394 e. The summed E-state index contributed by atoms with van der Waals surface area (Å²) in [6.45, 7) is -0.530. The summed E-state index contributed by atoms with van der Waals surface area (Å²) < 4.78 is 0. The summed E-state index contributed by atoms with van der Waals surface area (Å²) in [7, 11) is 0. The molecule has 1 aromatic carbocycles. The molecule has 0 radical (unpaired) electrons. The lowest BCUT2D eigenvalue weighted by atomic mass is 10.0. The van der Waals surface area contributed by atoms with Crippen molar-refractivity contribution in [2.75, 3.05) is 11.9 Å². The van der Waals surface area contributed by atoms with Gasteiger partial charge in [-0.15, -0.1) is 0 Å².